The summed E-state index contributed by atoms with van der Waals surface area (Å²) in [6.45, 7) is 2.60. The van der Waals surface area contributed by atoms with Crippen molar-refractivity contribution in [3.63, 3.8) is 0 Å². The van der Waals surface area contributed by atoms with Crippen LogP contribution >= 0.6 is 0 Å². The maximum atomic E-state index is 13.0. The van der Waals surface area contributed by atoms with Gasteiger partial charge in [-0.05, 0) is 42.8 Å². The molecule has 4 rings (SSSR count). The van der Waals surface area contributed by atoms with E-state index in [2.05, 4.69) is 0 Å². The first kappa shape index (κ1) is 21.8. The Bertz CT molecular complexity index is 1470. The molecule has 1 amide bonds. The number of fused-ring (bicyclic) bond motifs is 2. The van der Waals surface area contributed by atoms with Gasteiger partial charge in [0, 0.05) is 20.5 Å². The normalized spacial score (nSPS) is 13.7. The van der Waals surface area contributed by atoms with Gasteiger partial charge >= 0.3 is 11.1 Å². The van der Waals surface area contributed by atoms with E-state index in [-0.39, 0.29) is 23.0 Å². The molecule has 9 nitrogen and oxygen atoms in total. The molecule has 1 aromatic heterocycles. The third-order valence-corrected chi connectivity index (χ3v) is 7.40. The monoisotopic (exact) mass is 457 g/mol. The lowest BCUT2D eigenvalue weighted by Gasteiger charge is -2.30. The van der Waals surface area contributed by atoms with Crippen LogP contribution in [0.15, 0.2) is 50.9 Å². The number of sulfone groups is 1. The molecule has 2 aromatic carbocycles. The molecule has 0 saturated carbocycles. The summed E-state index contributed by atoms with van der Waals surface area (Å²) in [4.78, 5) is 38.5. The number of hydrogen-bond acceptors (Lipinski definition) is 6. The maximum Gasteiger partial charge on any atom is 0.316 e. The molecular formula is C22H23N3O6S. The van der Waals surface area contributed by atoms with Crippen LogP contribution in [0.4, 0.5) is 5.69 Å². The van der Waals surface area contributed by atoms with E-state index in [1.165, 1.54) is 36.9 Å². The molecule has 1 aliphatic heterocycles. The summed E-state index contributed by atoms with van der Waals surface area (Å²) < 4.78 is 33.8. The predicted octanol–water partition coefficient (Wildman–Crippen LogP) is 1.14. The van der Waals surface area contributed by atoms with Gasteiger partial charge in [-0.2, -0.15) is 0 Å². The minimum absolute atomic E-state index is 0.00956. The molecule has 3 aromatic rings. The molecule has 168 valence electrons. The Morgan fingerprint density at radius 2 is 1.69 bits per heavy atom. The molecule has 0 aliphatic carbocycles. The van der Waals surface area contributed by atoms with Gasteiger partial charge in [0.15, 0.2) is 9.84 Å². The second kappa shape index (κ2) is 7.94. The number of hydrogen-bond donors (Lipinski definition) is 0. The van der Waals surface area contributed by atoms with Crippen molar-refractivity contribution in [1.82, 2.24) is 9.13 Å². The topological polar surface area (TPSA) is 108 Å². The molecule has 0 saturated heterocycles. The molecule has 0 bridgehead atoms. The van der Waals surface area contributed by atoms with Gasteiger partial charge in [0.2, 0.25) is 5.91 Å². The largest absolute Gasteiger partial charge is 0.490 e. The second-order valence-corrected chi connectivity index (χ2v) is 9.92. The summed E-state index contributed by atoms with van der Waals surface area (Å²) in [5.74, 6) is -0.0892. The van der Waals surface area contributed by atoms with Crippen molar-refractivity contribution in [3.8, 4) is 5.75 Å². The van der Waals surface area contributed by atoms with Gasteiger partial charge < -0.3 is 18.8 Å². The molecule has 10 heteroatoms. The first-order chi connectivity index (χ1) is 15.1. The van der Waals surface area contributed by atoms with E-state index in [1.807, 2.05) is 19.1 Å². The highest BCUT2D eigenvalue weighted by atomic mass is 32.2. The molecule has 2 heterocycles. The Kier molecular flexibility index (Phi) is 5.41. The van der Waals surface area contributed by atoms with Crippen molar-refractivity contribution in [2.24, 2.45) is 14.1 Å². The van der Waals surface area contributed by atoms with Gasteiger partial charge in [-0.15, -0.1) is 0 Å². The Labute approximate surface area is 184 Å². The van der Waals surface area contributed by atoms with E-state index in [0.717, 1.165) is 10.1 Å². The van der Waals surface area contributed by atoms with Crippen molar-refractivity contribution >= 4 is 32.5 Å². The zero-order valence-corrected chi connectivity index (χ0v) is 18.8. The summed E-state index contributed by atoms with van der Waals surface area (Å²) in [6, 6.07) is 9.78. The third-order valence-electron chi connectivity index (χ3n) is 5.68. The number of nitrogens with zero attached hydrogens (tertiary/aromatic N) is 3. The Morgan fingerprint density at radius 1 is 1.00 bits per heavy atom. The SMILES string of the molecule is Cc1ccc2c(c1)N(C(=O)CCS(=O)(=O)c1ccc3c(c1)n(C)c(=O)c(=O)n3C)CCO2. The summed E-state index contributed by atoms with van der Waals surface area (Å²) in [7, 11) is -0.925. The van der Waals surface area contributed by atoms with E-state index in [9.17, 15) is 22.8 Å². The van der Waals surface area contributed by atoms with Gasteiger partial charge in [-0.3, -0.25) is 14.4 Å². The van der Waals surface area contributed by atoms with Gasteiger partial charge in [-0.1, -0.05) is 6.07 Å². The lowest BCUT2D eigenvalue weighted by Crippen LogP contribution is -2.39. The summed E-state index contributed by atoms with van der Waals surface area (Å²) in [6.07, 6.45) is -0.194. The van der Waals surface area contributed by atoms with E-state index in [1.54, 1.807) is 11.0 Å². The zero-order chi connectivity index (χ0) is 23.2. The third kappa shape index (κ3) is 3.70. The van der Waals surface area contributed by atoms with Crippen LogP contribution in [0.1, 0.15) is 12.0 Å². The number of aryl methyl sites for hydroxylation is 3. The maximum absolute atomic E-state index is 13.0. The molecule has 32 heavy (non-hydrogen) atoms. The fourth-order valence-corrected chi connectivity index (χ4v) is 5.06. The standard InChI is InChI=1S/C22H23N3O6S/c1-14-4-7-19-18(12-14)25(9-10-31-19)20(26)8-11-32(29,30)15-5-6-16-17(13-15)24(3)22(28)21(27)23(16)2/h4-7,12-13H,8-11H2,1-3H3. The quantitative estimate of drug-likeness (QED) is 0.544. The number of rotatable bonds is 4. The minimum Gasteiger partial charge on any atom is -0.490 e. The first-order valence-electron chi connectivity index (χ1n) is 10.1. The van der Waals surface area contributed by atoms with Gasteiger partial charge in [0.25, 0.3) is 0 Å². The van der Waals surface area contributed by atoms with Crippen LogP contribution in [-0.2, 0) is 28.7 Å². The van der Waals surface area contributed by atoms with Crippen LogP contribution in [0.25, 0.3) is 11.0 Å². The number of amides is 1. The van der Waals surface area contributed by atoms with Crippen molar-refractivity contribution in [3.05, 3.63) is 62.7 Å². The van der Waals surface area contributed by atoms with E-state index >= 15 is 0 Å². The van der Waals surface area contributed by atoms with E-state index in [4.69, 9.17) is 4.74 Å². The van der Waals surface area contributed by atoms with Crippen LogP contribution < -0.4 is 20.8 Å². The van der Waals surface area contributed by atoms with Crippen LogP contribution in [0, 0.1) is 6.92 Å². The molecule has 0 spiro atoms. The minimum atomic E-state index is -3.81. The van der Waals surface area contributed by atoms with Crippen LogP contribution in [0.3, 0.4) is 0 Å². The number of ether oxygens (including phenoxy) is 1. The van der Waals surface area contributed by atoms with Crippen molar-refractivity contribution in [2.75, 3.05) is 23.8 Å². The highest BCUT2D eigenvalue weighted by Crippen LogP contribution is 2.33. The molecule has 0 radical (unpaired) electrons. The highest BCUT2D eigenvalue weighted by molar-refractivity contribution is 7.91. The Balaban J connectivity index is 1.60. The summed E-state index contributed by atoms with van der Waals surface area (Å²) in [5, 5.41) is 0. The lowest BCUT2D eigenvalue weighted by atomic mass is 10.1. The van der Waals surface area contributed by atoms with E-state index < -0.39 is 21.0 Å². The van der Waals surface area contributed by atoms with Crippen LogP contribution in [0.2, 0.25) is 0 Å². The predicted molar refractivity (Wildman–Crippen MR) is 120 cm³/mol. The smallest absolute Gasteiger partial charge is 0.316 e. The Hall–Kier alpha value is -3.40. The van der Waals surface area contributed by atoms with Gasteiger partial charge in [0.05, 0.1) is 33.9 Å². The van der Waals surface area contributed by atoms with Crippen molar-refractivity contribution < 1.29 is 17.9 Å². The number of benzene rings is 2. The number of carbonyl (C=O) groups excluding carboxylic acids is 1. The van der Waals surface area contributed by atoms with Crippen molar-refractivity contribution in [2.45, 2.75) is 18.2 Å². The number of aromatic nitrogens is 2. The number of anilines is 1. The van der Waals surface area contributed by atoms with Crippen LogP contribution in [-0.4, -0.2) is 42.4 Å². The average Bonchev–Trinajstić information content (AvgIpc) is 2.79. The summed E-state index contributed by atoms with van der Waals surface area (Å²) in [5.41, 5.74) is 0.929. The zero-order valence-electron chi connectivity index (χ0n) is 18.0. The van der Waals surface area contributed by atoms with E-state index in [0.29, 0.717) is 35.6 Å². The van der Waals surface area contributed by atoms with Gasteiger partial charge in [-0.25, -0.2) is 8.42 Å². The molecule has 0 atom stereocenters. The average molecular weight is 458 g/mol. The fourth-order valence-electron chi connectivity index (χ4n) is 3.82. The summed E-state index contributed by atoms with van der Waals surface area (Å²) >= 11 is 0. The molecular weight excluding hydrogens is 434 g/mol. The second-order valence-electron chi connectivity index (χ2n) is 7.81. The molecule has 1 aliphatic rings. The lowest BCUT2D eigenvalue weighted by molar-refractivity contribution is -0.118. The van der Waals surface area contributed by atoms with Gasteiger partial charge in [0.1, 0.15) is 12.4 Å². The van der Waals surface area contributed by atoms with Crippen LogP contribution in [0.5, 0.6) is 5.75 Å². The first-order valence-corrected chi connectivity index (χ1v) is 11.7. The molecule has 0 fully saturated rings. The van der Waals surface area contributed by atoms with Crippen molar-refractivity contribution in [1.29, 1.82) is 0 Å². The fraction of sp³-hybridized carbons (Fsp3) is 0.318. The highest BCUT2D eigenvalue weighted by Gasteiger charge is 2.26. The Morgan fingerprint density at radius 3 is 2.41 bits per heavy atom. The number of carbonyl (C=O) groups is 1. The molecule has 0 N–H and O–H groups in total. The molecule has 0 unspecified atom stereocenters.